The molecule has 5 heteroatoms. The van der Waals surface area contributed by atoms with Crippen LogP contribution in [0.5, 0.6) is 0 Å². The zero-order valence-corrected chi connectivity index (χ0v) is 13.8. The van der Waals surface area contributed by atoms with E-state index in [9.17, 15) is 14.4 Å². The van der Waals surface area contributed by atoms with Gasteiger partial charge >= 0.3 is 11.9 Å². The number of esters is 2. The number of rotatable bonds is 2. The molecule has 0 unspecified atom stereocenters. The minimum absolute atomic E-state index is 0.0401. The van der Waals surface area contributed by atoms with Crippen LogP contribution in [0.1, 0.15) is 20.3 Å². The SMILES string of the molecule is C=C(C)C(=O)O[C@H]1CC(=C)[C@H]2C(=O)C=C(C)[C@H]2[C@@H]2OC(=O)C(=C)[C@H]21. The van der Waals surface area contributed by atoms with Crippen molar-refractivity contribution >= 4 is 17.7 Å². The maximum Gasteiger partial charge on any atom is 0.334 e. The second-order valence-corrected chi connectivity index (χ2v) is 6.80. The molecule has 0 aromatic rings. The summed E-state index contributed by atoms with van der Waals surface area (Å²) in [6.45, 7) is 14.9. The largest absolute Gasteiger partial charge is 0.458 e. The van der Waals surface area contributed by atoms with Crippen molar-refractivity contribution in [3.8, 4) is 0 Å². The molecule has 24 heavy (non-hydrogen) atoms. The van der Waals surface area contributed by atoms with E-state index in [4.69, 9.17) is 9.47 Å². The van der Waals surface area contributed by atoms with Crippen molar-refractivity contribution in [1.29, 1.82) is 0 Å². The third-order valence-electron chi connectivity index (χ3n) is 5.09. The third kappa shape index (κ3) is 2.35. The van der Waals surface area contributed by atoms with Gasteiger partial charge in [-0.3, -0.25) is 4.79 Å². The van der Waals surface area contributed by atoms with Gasteiger partial charge in [-0.1, -0.05) is 30.9 Å². The zero-order valence-electron chi connectivity index (χ0n) is 13.8. The molecule has 3 rings (SSSR count). The fourth-order valence-electron chi connectivity index (χ4n) is 3.96. The van der Waals surface area contributed by atoms with Gasteiger partial charge in [0.2, 0.25) is 0 Å². The molecule has 5 atom stereocenters. The van der Waals surface area contributed by atoms with Gasteiger partial charge in [0, 0.05) is 23.5 Å². The van der Waals surface area contributed by atoms with Gasteiger partial charge in [0.25, 0.3) is 0 Å². The predicted molar refractivity (Wildman–Crippen MR) is 86.7 cm³/mol. The molecule has 1 saturated carbocycles. The predicted octanol–water partition coefficient (Wildman–Crippen LogP) is 2.29. The van der Waals surface area contributed by atoms with Crippen molar-refractivity contribution in [3.63, 3.8) is 0 Å². The Balaban J connectivity index is 2.03. The fourth-order valence-corrected chi connectivity index (χ4v) is 3.96. The van der Waals surface area contributed by atoms with E-state index in [1.165, 1.54) is 0 Å². The maximum atomic E-state index is 12.3. The van der Waals surface area contributed by atoms with Gasteiger partial charge in [-0.05, 0) is 19.9 Å². The van der Waals surface area contributed by atoms with Crippen LogP contribution in [0.15, 0.2) is 48.1 Å². The summed E-state index contributed by atoms with van der Waals surface area (Å²) in [6, 6.07) is 0. The number of ketones is 1. The van der Waals surface area contributed by atoms with E-state index in [-0.39, 0.29) is 22.8 Å². The molecule has 1 heterocycles. The van der Waals surface area contributed by atoms with E-state index in [0.717, 1.165) is 5.57 Å². The molecule has 0 aromatic carbocycles. The zero-order chi connectivity index (χ0) is 17.8. The Kier molecular flexibility index (Phi) is 3.82. The average molecular weight is 328 g/mol. The van der Waals surface area contributed by atoms with Crippen LogP contribution in [0, 0.1) is 17.8 Å². The molecule has 2 fully saturated rings. The van der Waals surface area contributed by atoms with E-state index in [1.807, 2.05) is 6.92 Å². The molecule has 1 saturated heterocycles. The van der Waals surface area contributed by atoms with Crippen LogP contribution >= 0.6 is 0 Å². The highest BCUT2D eigenvalue weighted by Gasteiger charge is 2.56. The number of allylic oxidation sites excluding steroid dienone is 1. The van der Waals surface area contributed by atoms with Crippen LogP contribution in [-0.4, -0.2) is 29.9 Å². The molecule has 0 amide bonds. The quantitative estimate of drug-likeness (QED) is 0.442. The summed E-state index contributed by atoms with van der Waals surface area (Å²) in [7, 11) is 0. The minimum Gasteiger partial charge on any atom is -0.458 e. The summed E-state index contributed by atoms with van der Waals surface area (Å²) < 4.78 is 11.1. The Hall–Kier alpha value is -2.43. The summed E-state index contributed by atoms with van der Waals surface area (Å²) in [5.41, 5.74) is 2.09. The fraction of sp³-hybridized carbons (Fsp3) is 0.421. The smallest absolute Gasteiger partial charge is 0.334 e. The monoisotopic (exact) mass is 328 g/mol. The Morgan fingerprint density at radius 1 is 1.29 bits per heavy atom. The lowest BCUT2D eigenvalue weighted by atomic mass is 9.80. The topological polar surface area (TPSA) is 69.7 Å². The van der Waals surface area contributed by atoms with E-state index >= 15 is 0 Å². The van der Waals surface area contributed by atoms with Crippen molar-refractivity contribution in [2.75, 3.05) is 0 Å². The third-order valence-corrected chi connectivity index (χ3v) is 5.09. The lowest BCUT2D eigenvalue weighted by Crippen LogP contribution is -2.36. The van der Waals surface area contributed by atoms with Gasteiger partial charge < -0.3 is 9.47 Å². The molecular formula is C19H20O5. The molecule has 5 nitrogen and oxygen atoms in total. The first-order valence-corrected chi connectivity index (χ1v) is 7.88. The van der Waals surface area contributed by atoms with Crippen LogP contribution in [0.25, 0.3) is 0 Å². The normalized spacial score (nSPS) is 34.9. The standard InChI is InChI=1S/C19H20O5/c1-8(2)18(21)23-13-7-10(4)14-12(20)6-9(3)15(14)17-16(13)11(5)19(22)24-17/h6,13-17H,1,4-5,7H2,2-3H3/t13-,14-,15+,16-,17-/m0/s1. The molecule has 3 aliphatic rings. The molecule has 0 spiro atoms. The van der Waals surface area contributed by atoms with Gasteiger partial charge in [-0.15, -0.1) is 0 Å². The number of fused-ring (bicyclic) bond motifs is 3. The second kappa shape index (κ2) is 5.58. The van der Waals surface area contributed by atoms with Crippen LogP contribution in [0.2, 0.25) is 0 Å². The molecule has 0 N–H and O–H groups in total. The van der Waals surface area contributed by atoms with Crippen molar-refractivity contribution in [3.05, 3.63) is 48.1 Å². The number of ether oxygens (including phenoxy) is 2. The van der Waals surface area contributed by atoms with Gasteiger partial charge in [0.05, 0.1) is 11.8 Å². The van der Waals surface area contributed by atoms with Crippen LogP contribution < -0.4 is 0 Å². The van der Waals surface area contributed by atoms with E-state index < -0.39 is 36.0 Å². The Labute approximate surface area is 140 Å². The second-order valence-electron chi connectivity index (χ2n) is 6.80. The molecule has 0 bridgehead atoms. The Bertz CT molecular complexity index is 726. The lowest BCUT2D eigenvalue weighted by molar-refractivity contribution is -0.148. The van der Waals surface area contributed by atoms with Crippen LogP contribution in [-0.2, 0) is 23.9 Å². The highest BCUT2D eigenvalue weighted by Crippen LogP contribution is 2.49. The Morgan fingerprint density at radius 3 is 2.58 bits per heavy atom. The highest BCUT2D eigenvalue weighted by atomic mass is 16.6. The maximum absolute atomic E-state index is 12.3. The number of carbonyl (C=O) groups is 3. The lowest BCUT2D eigenvalue weighted by Gasteiger charge is -2.28. The van der Waals surface area contributed by atoms with Gasteiger partial charge in [-0.2, -0.15) is 0 Å². The highest BCUT2D eigenvalue weighted by molar-refractivity contribution is 5.98. The molecule has 0 aromatic heterocycles. The first-order chi connectivity index (χ1) is 11.2. The molecular weight excluding hydrogens is 308 g/mol. The molecule has 1 aliphatic heterocycles. The van der Waals surface area contributed by atoms with Crippen molar-refractivity contribution in [2.45, 2.75) is 32.5 Å². The first-order valence-electron chi connectivity index (χ1n) is 7.88. The van der Waals surface area contributed by atoms with E-state index in [0.29, 0.717) is 12.0 Å². The van der Waals surface area contributed by atoms with Crippen LogP contribution in [0.4, 0.5) is 0 Å². The van der Waals surface area contributed by atoms with Gasteiger partial charge in [-0.25, -0.2) is 9.59 Å². The Morgan fingerprint density at radius 2 is 1.96 bits per heavy atom. The molecule has 2 aliphatic carbocycles. The minimum atomic E-state index is -0.642. The van der Waals surface area contributed by atoms with E-state index in [2.05, 4.69) is 19.7 Å². The number of carbonyl (C=O) groups excluding carboxylic acids is 3. The average Bonchev–Trinajstić information content (AvgIpc) is 2.89. The first kappa shape index (κ1) is 16.4. The molecule has 0 radical (unpaired) electrons. The summed E-state index contributed by atoms with van der Waals surface area (Å²) in [4.78, 5) is 36.4. The van der Waals surface area contributed by atoms with Crippen molar-refractivity contribution < 1.29 is 23.9 Å². The van der Waals surface area contributed by atoms with Crippen molar-refractivity contribution in [1.82, 2.24) is 0 Å². The summed E-state index contributed by atoms with van der Waals surface area (Å²) in [6.07, 6.45) is 0.674. The van der Waals surface area contributed by atoms with Crippen molar-refractivity contribution in [2.24, 2.45) is 17.8 Å². The molecule has 126 valence electrons. The summed E-state index contributed by atoms with van der Waals surface area (Å²) in [5.74, 6) is -2.27. The summed E-state index contributed by atoms with van der Waals surface area (Å²) >= 11 is 0. The van der Waals surface area contributed by atoms with Gasteiger partial charge in [0.15, 0.2) is 5.78 Å². The van der Waals surface area contributed by atoms with Crippen LogP contribution in [0.3, 0.4) is 0 Å². The van der Waals surface area contributed by atoms with Gasteiger partial charge in [0.1, 0.15) is 12.2 Å². The number of hydrogen-bond donors (Lipinski definition) is 0. The summed E-state index contributed by atoms with van der Waals surface area (Å²) in [5, 5.41) is 0. The van der Waals surface area contributed by atoms with E-state index in [1.54, 1.807) is 13.0 Å². The number of hydrogen-bond acceptors (Lipinski definition) is 5.